The van der Waals surface area contributed by atoms with E-state index in [-0.39, 0.29) is 31.1 Å². The van der Waals surface area contributed by atoms with Gasteiger partial charge in [0.1, 0.15) is 13.2 Å². The van der Waals surface area contributed by atoms with Gasteiger partial charge in [0.2, 0.25) is 0 Å². The molecule has 6 heteroatoms. The minimum Gasteiger partial charge on any atom is -0.462 e. The van der Waals surface area contributed by atoms with Crippen LogP contribution in [0.15, 0.2) is 122 Å². The maximum Gasteiger partial charge on any atom is 0.306 e. The van der Waals surface area contributed by atoms with Crippen molar-refractivity contribution < 1.29 is 28.6 Å². The Morgan fingerprint density at radius 3 is 0.756 bits per heavy atom. The molecule has 1 unspecified atom stereocenters. The van der Waals surface area contributed by atoms with Crippen molar-refractivity contribution in [2.24, 2.45) is 0 Å². The minimum absolute atomic E-state index is 0.0860. The molecule has 0 spiro atoms. The lowest BCUT2D eigenvalue weighted by atomic mass is 10.0. The van der Waals surface area contributed by atoms with Gasteiger partial charge in [0.05, 0.1) is 0 Å². The highest BCUT2D eigenvalue weighted by molar-refractivity contribution is 5.71. The molecule has 0 amide bonds. The van der Waals surface area contributed by atoms with E-state index in [1.807, 2.05) is 0 Å². The van der Waals surface area contributed by atoms with Crippen molar-refractivity contribution >= 4 is 17.9 Å². The third-order valence-electron chi connectivity index (χ3n) is 14.7. The second-order valence-corrected chi connectivity index (χ2v) is 22.7. The van der Waals surface area contributed by atoms with Crippen LogP contribution in [0.25, 0.3) is 0 Å². The second-order valence-electron chi connectivity index (χ2n) is 22.7. The molecule has 0 heterocycles. The van der Waals surface area contributed by atoms with E-state index >= 15 is 0 Å². The summed E-state index contributed by atoms with van der Waals surface area (Å²) in [5.41, 5.74) is 0. The van der Waals surface area contributed by atoms with Crippen LogP contribution in [0.5, 0.6) is 0 Å². The molecule has 0 radical (unpaired) electrons. The van der Waals surface area contributed by atoms with Crippen LogP contribution in [0, 0.1) is 0 Å². The van der Waals surface area contributed by atoms with Gasteiger partial charge in [-0.05, 0) is 128 Å². The molecule has 0 fully saturated rings. The van der Waals surface area contributed by atoms with Gasteiger partial charge in [-0.25, -0.2) is 0 Å². The van der Waals surface area contributed by atoms with Gasteiger partial charge < -0.3 is 14.2 Å². The number of hydrogen-bond acceptors (Lipinski definition) is 6. The van der Waals surface area contributed by atoms with E-state index in [9.17, 15) is 14.4 Å². The molecule has 0 aromatic carbocycles. The van der Waals surface area contributed by atoms with E-state index in [4.69, 9.17) is 14.2 Å². The Kier molecular flexibility index (Phi) is 65.8. The normalized spacial score (nSPS) is 12.9. The van der Waals surface area contributed by atoms with Crippen molar-refractivity contribution in [3.05, 3.63) is 122 Å². The lowest BCUT2D eigenvalue weighted by Crippen LogP contribution is -2.30. The van der Waals surface area contributed by atoms with E-state index in [1.54, 1.807) is 0 Å². The van der Waals surface area contributed by atoms with Gasteiger partial charge in [-0.3, -0.25) is 14.4 Å². The molecule has 82 heavy (non-hydrogen) atoms. The van der Waals surface area contributed by atoms with Crippen molar-refractivity contribution in [3.63, 3.8) is 0 Å². The predicted octanol–water partition coefficient (Wildman–Crippen LogP) is 23.9. The molecule has 0 aromatic rings. The van der Waals surface area contributed by atoms with Crippen LogP contribution >= 0.6 is 0 Å². The van der Waals surface area contributed by atoms with Crippen LogP contribution < -0.4 is 0 Å². The van der Waals surface area contributed by atoms with Gasteiger partial charge in [0.15, 0.2) is 6.10 Å². The first-order valence-corrected chi connectivity index (χ1v) is 34.5. The highest BCUT2D eigenvalue weighted by Gasteiger charge is 2.19. The fourth-order valence-electron chi connectivity index (χ4n) is 9.57. The number of allylic oxidation sites excluding steroid dienone is 20. The number of rotatable bonds is 62. The van der Waals surface area contributed by atoms with E-state index in [0.29, 0.717) is 19.3 Å². The van der Waals surface area contributed by atoms with Crippen LogP contribution in [0.2, 0.25) is 0 Å². The highest BCUT2D eigenvalue weighted by Crippen LogP contribution is 2.16. The Morgan fingerprint density at radius 1 is 0.256 bits per heavy atom. The zero-order valence-corrected chi connectivity index (χ0v) is 53.7. The highest BCUT2D eigenvalue weighted by atomic mass is 16.6. The van der Waals surface area contributed by atoms with Crippen molar-refractivity contribution in [1.82, 2.24) is 0 Å². The summed E-state index contributed by atoms with van der Waals surface area (Å²) in [6, 6.07) is 0. The van der Waals surface area contributed by atoms with E-state index in [0.717, 1.165) is 128 Å². The summed E-state index contributed by atoms with van der Waals surface area (Å²) >= 11 is 0. The quantitative estimate of drug-likeness (QED) is 0.0261. The van der Waals surface area contributed by atoms with Crippen LogP contribution in [-0.4, -0.2) is 37.2 Å². The summed E-state index contributed by atoms with van der Waals surface area (Å²) in [5, 5.41) is 0. The molecule has 1 atom stereocenters. The maximum atomic E-state index is 12.9. The summed E-state index contributed by atoms with van der Waals surface area (Å²) in [5.74, 6) is -0.896. The second kappa shape index (κ2) is 69.3. The van der Waals surface area contributed by atoms with Gasteiger partial charge in [-0.2, -0.15) is 0 Å². The summed E-state index contributed by atoms with van der Waals surface area (Å²) in [6.45, 7) is 6.42. The Bertz CT molecular complexity index is 1690. The zero-order valence-electron chi connectivity index (χ0n) is 53.7. The summed E-state index contributed by atoms with van der Waals surface area (Å²) in [6.07, 6.45) is 96.4. The average molecular weight is 1140 g/mol. The first-order chi connectivity index (χ1) is 40.5. The SMILES string of the molecule is CC/C=C\C/C=C\C/C=C\C/C=C\C/C=C\C/C=C\CCCCCCCCCCCCCCC(=O)OCC(COC(=O)CCCCCCC/C=C\CCCCCCCCC)OC(=O)CCCCCCCCC/C=C\C/C=C\C/C=C\CC. The molecule has 0 bridgehead atoms. The average Bonchev–Trinajstić information content (AvgIpc) is 3.48. The molecular weight excluding hydrogens is 1010 g/mol. The molecule has 0 rings (SSSR count). The van der Waals surface area contributed by atoms with Gasteiger partial charge in [0, 0.05) is 19.3 Å². The molecule has 0 saturated carbocycles. The molecule has 6 nitrogen and oxygen atoms in total. The van der Waals surface area contributed by atoms with E-state index in [1.165, 1.54) is 154 Å². The predicted molar refractivity (Wildman–Crippen MR) is 357 cm³/mol. The monoisotopic (exact) mass is 1140 g/mol. The number of carbonyl (C=O) groups is 3. The lowest BCUT2D eigenvalue weighted by Gasteiger charge is -2.18. The Hall–Kier alpha value is -4.19. The van der Waals surface area contributed by atoms with Gasteiger partial charge in [-0.1, -0.05) is 296 Å². The number of ether oxygens (including phenoxy) is 3. The Morgan fingerprint density at radius 2 is 0.476 bits per heavy atom. The summed E-state index contributed by atoms with van der Waals surface area (Å²) in [4.78, 5) is 38.4. The van der Waals surface area contributed by atoms with Crippen LogP contribution in [0.4, 0.5) is 0 Å². The third-order valence-corrected chi connectivity index (χ3v) is 14.7. The summed E-state index contributed by atoms with van der Waals surface area (Å²) in [7, 11) is 0. The number of esters is 3. The van der Waals surface area contributed by atoms with Gasteiger partial charge in [0.25, 0.3) is 0 Å². The number of unbranched alkanes of at least 4 members (excludes halogenated alkanes) is 31. The van der Waals surface area contributed by atoms with Gasteiger partial charge in [-0.15, -0.1) is 0 Å². The number of carbonyl (C=O) groups excluding carboxylic acids is 3. The molecule has 0 aliphatic carbocycles. The Balaban J connectivity index is 4.30. The largest absolute Gasteiger partial charge is 0.462 e. The van der Waals surface area contributed by atoms with Gasteiger partial charge >= 0.3 is 17.9 Å². The van der Waals surface area contributed by atoms with Crippen LogP contribution in [0.1, 0.15) is 323 Å². The van der Waals surface area contributed by atoms with Crippen molar-refractivity contribution in [2.75, 3.05) is 13.2 Å². The first-order valence-electron chi connectivity index (χ1n) is 34.5. The molecule has 0 aliphatic heterocycles. The summed E-state index contributed by atoms with van der Waals surface area (Å²) < 4.78 is 17.0. The van der Waals surface area contributed by atoms with E-state index < -0.39 is 6.10 Å². The standard InChI is InChI=1S/C76H128O6/c1-4-7-10-13-16-19-22-25-28-31-32-33-34-35-36-37-38-39-40-41-42-43-44-46-48-51-54-57-60-63-66-69-75(78)81-72-73(71-80-74(77)68-65-62-59-56-53-50-47-30-27-24-21-18-15-12-9-6-3)82-76(79)70-67-64-61-58-55-52-49-45-29-26-23-20-17-14-11-8-5-2/h7-8,10-11,16-17,19-20,25-26,28-30,32-33,35-36,38-39,47,73H,4-6,9,12-15,18,21-24,27,31,34,37,40-46,48-72H2,1-3H3/b10-7-,11-8-,19-16-,20-17-,28-25-,29-26-,33-32-,36-35-,39-38-,47-30-. The third kappa shape index (κ3) is 66.6. The van der Waals surface area contributed by atoms with Crippen molar-refractivity contribution in [2.45, 2.75) is 329 Å². The smallest absolute Gasteiger partial charge is 0.306 e. The molecule has 468 valence electrons. The minimum atomic E-state index is -0.791. The van der Waals surface area contributed by atoms with E-state index in [2.05, 4.69) is 142 Å². The molecule has 0 aliphatic rings. The maximum absolute atomic E-state index is 12.9. The fraction of sp³-hybridized carbons (Fsp3) is 0.697. The molecule has 0 N–H and O–H groups in total. The molecular formula is C76H128O6. The first kappa shape index (κ1) is 77.8. The molecule has 0 saturated heterocycles. The van der Waals surface area contributed by atoms with Crippen LogP contribution in [-0.2, 0) is 28.6 Å². The fourth-order valence-corrected chi connectivity index (χ4v) is 9.57. The Labute approximate surface area is 507 Å². The molecule has 0 aromatic heterocycles. The topological polar surface area (TPSA) is 78.9 Å². The van der Waals surface area contributed by atoms with Crippen molar-refractivity contribution in [3.8, 4) is 0 Å². The lowest BCUT2D eigenvalue weighted by molar-refractivity contribution is -0.167. The van der Waals surface area contributed by atoms with Crippen molar-refractivity contribution in [1.29, 1.82) is 0 Å². The van der Waals surface area contributed by atoms with Crippen LogP contribution in [0.3, 0.4) is 0 Å². The zero-order chi connectivity index (χ0) is 59.2. The number of hydrogen-bond donors (Lipinski definition) is 0.